The van der Waals surface area contributed by atoms with Gasteiger partial charge in [-0.3, -0.25) is 4.79 Å². The zero-order chi connectivity index (χ0) is 16.3. The summed E-state index contributed by atoms with van der Waals surface area (Å²) < 4.78 is 53.8. The van der Waals surface area contributed by atoms with Gasteiger partial charge in [-0.15, -0.1) is 0 Å². The van der Waals surface area contributed by atoms with Gasteiger partial charge >= 0.3 is 5.97 Å². The molecule has 0 unspecified atom stereocenters. The van der Waals surface area contributed by atoms with E-state index in [1.807, 2.05) is 0 Å². The highest BCUT2D eigenvalue weighted by Gasteiger charge is 2.35. The van der Waals surface area contributed by atoms with Crippen molar-refractivity contribution in [3.63, 3.8) is 0 Å². The average Bonchev–Trinajstić information content (AvgIpc) is 2.75. The van der Waals surface area contributed by atoms with E-state index in [0.717, 1.165) is 6.92 Å². The fourth-order valence-corrected chi connectivity index (χ4v) is 1.45. The standard InChI is InChI=1S/C11H16N2O2/c1-3-10-8(6-15-11(10)14)4-9-5-12-7-13(9)2/h5,7-8,10H,3-4,6H2,1-2H3/t8-,10-/m0/s1/i3D2,6D2,8D,10D. The first-order valence-electron chi connectivity index (χ1n) is 7.55. The molecule has 4 nitrogen and oxygen atoms in total. The first kappa shape index (κ1) is 5.14. The molecule has 2 heterocycles. The van der Waals surface area contributed by atoms with E-state index < -0.39 is 30.7 Å². The second-order valence-electron chi connectivity index (χ2n) is 3.27. The number of carbonyl (C=O) groups excluding carboxylic acids is 1. The lowest BCUT2D eigenvalue weighted by molar-refractivity contribution is -0.141. The van der Waals surface area contributed by atoms with E-state index in [4.69, 9.17) is 8.22 Å². The van der Waals surface area contributed by atoms with Gasteiger partial charge in [-0.2, -0.15) is 0 Å². The highest BCUT2D eigenvalue weighted by Crippen LogP contribution is 2.27. The van der Waals surface area contributed by atoms with Crippen LogP contribution in [0.4, 0.5) is 0 Å². The largest absolute Gasteiger partial charge is 0.465 e. The van der Waals surface area contributed by atoms with Gasteiger partial charge in [0, 0.05) is 30.3 Å². The number of carbonyl (C=O) groups is 1. The number of hydrogen-bond acceptors (Lipinski definition) is 3. The predicted molar refractivity (Wildman–Crippen MR) is 55.1 cm³/mol. The normalized spacial score (nSPS) is 45.6. The highest BCUT2D eigenvalue weighted by atomic mass is 16.5. The molecule has 0 N–H and O–H groups in total. The maximum atomic E-state index is 12.0. The molecular formula is C11H16N2O2. The Kier molecular flexibility index (Phi) is 1.39. The van der Waals surface area contributed by atoms with E-state index >= 15 is 0 Å². The lowest BCUT2D eigenvalue weighted by Gasteiger charge is -2.12. The van der Waals surface area contributed by atoms with E-state index in [0.29, 0.717) is 5.69 Å². The molecule has 0 spiro atoms. The van der Waals surface area contributed by atoms with Crippen LogP contribution < -0.4 is 0 Å². The number of esters is 1. The summed E-state index contributed by atoms with van der Waals surface area (Å²) in [5.74, 6) is -6.49. The van der Waals surface area contributed by atoms with Crippen LogP contribution in [0.25, 0.3) is 0 Å². The number of hydrogen-bond donors (Lipinski definition) is 0. The van der Waals surface area contributed by atoms with Gasteiger partial charge in [-0.05, 0) is 12.8 Å². The quantitative estimate of drug-likeness (QED) is 0.709. The molecule has 1 aliphatic heterocycles. The highest BCUT2D eigenvalue weighted by molar-refractivity contribution is 5.74. The van der Waals surface area contributed by atoms with Crippen molar-refractivity contribution in [3.05, 3.63) is 18.2 Å². The molecule has 4 heteroatoms. The van der Waals surface area contributed by atoms with Crippen LogP contribution in [0, 0.1) is 11.8 Å². The summed E-state index contributed by atoms with van der Waals surface area (Å²) >= 11 is 0. The third-order valence-electron chi connectivity index (χ3n) is 2.30. The number of cyclic esters (lactones) is 1. The molecule has 0 bridgehead atoms. The molecule has 0 aromatic carbocycles. The summed E-state index contributed by atoms with van der Waals surface area (Å²) in [6, 6.07) is 0. The van der Waals surface area contributed by atoms with Crippen molar-refractivity contribution in [2.75, 3.05) is 6.56 Å². The summed E-state index contributed by atoms with van der Waals surface area (Å²) in [6.45, 7) is -1.80. The van der Waals surface area contributed by atoms with E-state index in [1.54, 1.807) is 7.05 Å². The summed E-state index contributed by atoms with van der Waals surface area (Å²) in [5, 5.41) is 0. The molecule has 2 atom stereocenters. The number of aromatic nitrogens is 2. The van der Waals surface area contributed by atoms with Gasteiger partial charge in [-0.1, -0.05) is 6.92 Å². The third-order valence-corrected chi connectivity index (χ3v) is 2.30. The Labute approximate surface area is 97.7 Å². The fourth-order valence-electron chi connectivity index (χ4n) is 1.45. The lowest BCUT2D eigenvalue weighted by Crippen LogP contribution is -2.18. The third kappa shape index (κ3) is 1.89. The summed E-state index contributed by atoms with van der Waals surface area (Å²) in [7, 11) is 1.63. The topological polar surface area (TPSA) is 44.1 Å². The zero-order valence-electron chi connectivity index (χ0n) is 14.6. The van der Waals surface area contributed by atoms with Gasteiger partial charge in [0.1, 0.15) is 0 Å². The Hall–Kier alpha value is -1.32. The zero-order valence-corrected chi connectivity index (χ0v) is 8.57. The Bertz CT molecular complexity index is 584. The molecule has 2 rings (SSSR count). The number of ether oxygens (including phenoxy) is 1. The lowest BCUT2D eigenvalue weighted by atomic mass is 9.89. The van der Waals surface area contributed by atoms with Gasteiger partial charge in [0.05, 0.1) is 21.5 Å². The van der Waals surface area contributed by atoms with Crippen LogP contribution >= 0.6 is 0 Å². The average molecular weight is 214 g/mol. The van der Waals surface area contributed by atoms with Crippen molar-refractivity contribution in [1.29, 1.82) is 0 Å². The molecule has 0 amide bonds. The monoisotopic (exact) mass is 214 g/mol. The van der Waals surface area contributed by atoms with Gasteiger partial charge in [0.25, 0.3) is 0 Å². The van der Waals surface area contributed by atoms with Crippen LogP contribution in [0.2, 0.25) is 0 Å². The molecule has 0 radical (unpaired) electrons. The van der Waals surface area contributed by atoms with Gasteiger partial charge in [-0.25, -0.2) is 4.98 Å². The Balaban J connectivity index is 2.59. The number of aryl methyl sites for hydroxylation is 1. The Morgan fingerprint density at radius 2 is 2.73 bits per heavy atom. The second-order valence-corrected chi connectivity index (χ2v) is 3.27. The van der Waals surface area contributed by atoms with Crippen LogP contribution in [-0.2, 0) is 23.0 Å². The van der Waals surface area contributed by atoms with E-state index in [-0.39, 0.29) is 6.42 Å². The minimum Gasteiger partial charge on any atom is -0.465 e. The molecule has 1 aromatic rings. The minimum atomic E-state index is -2.78. The van der Waals surface area contributed by atoms with Crippen LogP contribution in [0.15, 0.2) is 12.5 Å². The van der Waals surface area contributed by atoms with Crippen molar-refractivity contribution in [1.82, 2.24) is 9.55 Å². The van der Waals surface area contributed by atoms with Crippen LogP contribution in [0.1, 0.15) is 27.2 Å². The number of imidazole rings is 1. The second kappa shape index (κ2) is 4.04. The van der Waals surface area contributed by atoms with Crippen LogP contribution in [0.5, 0.6) is 0 Å². The van der Waals surface area contributed by atoms with Crippen LogP contribution in [0.3, 0.4) is 0 Å². The molecule has 1 fully saturated rings. The maximum Gasteiger partial charge on any atom is 0.309 e. The van der Waals surface area contributed by atoms with Crippen molar-refractivity contribution in [3.8, 4) is 0 Å². The molecule has 1 saturated heterocycles. The molecule has 82 valence electrons. The molecule has 0 saturated carbocycles. The summed E-state index contributed by atoms with van der Waals surface area (Å²) in [4.78, 5) is 15.8. The van der Waals surface area contributed by atoms with E-state index in [1.165, 1.54) is 17.1 Å². The minimum absolute atomic E-state index is 0.376. The van der Waals surface area contributed by atoms with Crippen molar-refractivity contribution in [2.24, 2.45) is 18.8 Å². The molecule has 1 aromatic heterocycles. The van der Waals surface area contributed by atoms with Crippen molar-refractivity contribution >= 4 is 5.97 Å². The first-order valence-corrected chi connectivity index (χ1v) is 4.55. The first-order chi connectivity index (χ1) is 9.37. The van der Waals surface area contributed by atoms with Gasteiger partial charge in [0.2, 0.25) is 0 Å². The molecular weight excluding hydrogens is 192 g/mol. The maximum absolute atomic E-state index is 12.0. The fraction of sp³-hybridized carbons (Fsp3) is 0.636. The SMILES string of the molecule is [2H]C1([2H])OC(=O)[C@@]([2H])(C([2H])([2H])C)[C@@]1([2H])Cc1cncn1C. The predicted octanol–water partition coefficient (Wildman–Crippen LogP) is 1.16. The van der Waals surface area contributed by atoms with Crippen LogP contribution in [-0.4, -0.2) is 22.1 Å². The Morgan fingerprint density at radius 3 is 3.33 bits per heavy atom. The molecule has 15 heavy (non-hydrogen) atoms. The molecule has 0 aliphatic carbocycles. The van der Waals surface area contributed by atoms with Gasteiger partial charge < -0.3 is 9.30 Å². The van der Waals surface area contributed by atoms with Crippen molar-refractivity contribution < 1.29 is 17.8 Å². The van der Waals surface area contributed by atoms with Crippen molar-refractivity contribution in [2.45, 2.75) is 19.7 Å². The number of rotatable bonds is 3. The Morgan fingerprint density at radius 1 is 1.93 bits per heavy atom. The smallest absolute Gasteiger partial charge is 0.309 e. The molecule has 1 aliphatic rings. The van der Waals surface area contributed by atoms with E-state index in [9.17, 15) is 4.79 Å². The van der Waals surface area contributed by atoms with E-state index in [2.05, 4.69) is 9.72 Å². The number of nitrogens with zero attached hydrogens (tertiary/aromatic N) is 2. The summed E-state index contributed by atoms with van der Waals surface area (Å²) in [5.41, 5.74) is 0.410. The summed E-state index contributed by atoms with van der Waals surface area (Å²) in [6.07, 6.45) is 0.00624. The van der Waals surface area contributed by atoms with Gasteiger partial charge in [0.15, 0.2) is 0 Å².